The van der Waals surface area contributed by atoms with Crippen molar-refractivity contribution in [3.63, 3.8) is 0 Å². The van der Waals surface area contributed by atoms with E-state index in [0.29, 0.717) is 6.54 Å². The molecule has 1 aliphatic rings. The molecule has 1 aromatic rings. The van der Waals surface area contributed by atoms with E-state index in [1.807, 2.05) is 30.0 Å². The van der Waals surface area contributed by atoms with Gasteiger partial charge in [-0.05, 0) is 18.2 Å². The lowest BCUT2D eigenvalue weighted by atomic mass is 10.2. The van der Waals surface area contributed by atoms with Crippen LogP contribution in [0.3, 0.4) is 0 Å². The molecule has 0 spiro atoms. The molecule has 94 valence electrons. The normalized spacial score (nSPS) is 19.3. The molecule has 1 saturated heterocycles. The van der Waals surface area contributed by atoms with Crippen LogP contribution in [-0.2, 0) is 6.54 Å². The minimum Gasteiger partial charge on any atom is -0.493 e. The van der Waals surface area contributed by atoms with Gasteiger partial charge in [0.15, 0.2) is 11.5 Å². The van der Waals surface area contributed by atoms with E-state index in [2.05, 4.69) is 5.48 Å². The fourth-order valence-electron chi connectivity index (χ4n) is 1.85. The number of thioether (sulfide) groups is 1. The first-order valence-corrected chi connectivity index (χ1v) is 6.78. The van der Waals surface area contributed by atoms with E-state index < -0.39 is 0 Å². The third-order valence-electron chi connectivity index (χ3n) is 2.72. The summed E-state index contributed by atoms with van der Waals surface area (Å²) in [5.41, 5.74) is 3.07. The predicted octanol–water partition coefficient (Wildman–Crippen LogP) is 2.06. The molecule has 0 radical (unpaired) electrons. The number of hydrogen-bond acceptors (Lipinski definition) is 5. The van der Waals surface area contributed by atoms with Crippen LogP contribution < -0.4 is 15.0 Å². The zero-order valence-electron chi connectivity index (χ0n) is 9.81. The second kappa shape index (κ2) is 6.14. The summed E-state index contributed by atoms with van der Waals surface area (Å²) in [7, 11) is 1.63. The second-order valence-corrected chi connectivity index (χ2v) is 5.04. The molecule has 0 bridgehead atoms. The summed E-state index contributed by atoms with van der Waals surface area (Å²) in [6.45, 7) is 0.354. The quantitative estimate of drug-likeness (QED) is 0.789. The maximum Gasteiger partial charge on any atom is 0.166 e. The molecule has 0 aromatic heterocycles. The first-order valence-electron chi connectivity index (χ1n) is 5.62. The summed E-state index contributed by atoms with van der Waals surface area (Å²) >= 11 is 1.90. The summed E-state index contributed by atoms with van der Waals surface area (Å²) in [5, 5.41) is 8.82. The molecule has 1 fully saturated rings. The number of hydroxylamine groups is 1. The van der Waals surface area contributed by atoms with E-state index in [4.69, 9.17) is 14.7 Å². The van der Waals surface area contributed by atoms with Crippen LogP contribution in [0.2, 0.25) is 0 Å². The third kappa shape index (κ3) is 3.06. The topological polar surface area (TPSA) is 50.7 Å². The van der Waals surface area contributed by atoms with Crippen molar-refractivity contribution in [3.05, 3.63) is 23.8 Å². The van der Waals surface area contributed by atoms with Gasteiger partial charge < -0.3 is 14.7 Å². The smallest absolute Gasteiger partial charge is 0.166 e. The molecular formula is C12H17NO3S. The SMILES string of the molecule is COc1cccc(CNO)c1OC1CCSC1. The number of para-hydroxylation sites is 1. The Labute approximate surface area is 105 Å². The van der Waals surface area contributed by atoms with Gasteiger partial charge in [-0.1, -0.05) is 12.1 Å². The standard InChI is InChI=1S/C12H17NO3S/c1-15-11-4-2-3-9(7-13-14)12(11)16-10-5-6-17-8-10/h2-4,10,13-14H,5-8H2,1H3. The predicted molar refractivity (Wildman–Crippen MR) is 68.0 cm³/mol. The first kappa shape index (κ1) is 12.5. The number of rotatable bonds is 5. The van der Waals surface area contributed by atoms with Gasteiger partial charge in [0.05, 0.1) is 7.11 Å². The molecule has 2 N–H and O–H groups in total. The lowest BCUT2D eigenvalue weighted by Crippen LogP contribution is -2.17. The average molecular weight is 255 g/mol. The van der Waals surface area contributed by atoms with Gasteiger partial charge in [0.1, 0.15) is 6.10 Å². The summed E-state index contributed by atoms with van der Waals surface area (Å²) in [4.78, 5) is 0. The highest BCUT2D eigenvalue weighted by Crippen LogP contribution is 2.34. The Morgan fingerprint density at radius 1 is 1.53 bits per heavy atom. The van der Waals surface area contributed by atoms with E-state index in [9.17, 15) is 0 Å². The van der Waals surface area contributed by atoms with Crippen molar-refractivity contribution in [1.82, 2.24) is 5.48 Å². The van der Waals surface area contributed by atoms with Crippen LogP contribution in [0.4, 0.5) is 0 Å². The van der Waals surface area contributed by atoms with Gasteiger partial charge in [-0.25, -0.2) is 5.48 Å². The van der Waals surface area contributed by atoms with Gasteiger partial charge in [-0.15, -0.1) is 0 Å². The van der Waals surface area contributed by atoms with Crippen LogP contribution in [0.1, 0.15) is 12.0 Å². The van der Waals surface area contributed by atoms with E-state index in [0.717, 1.165) is 35.0 Å². The Morgan fingerprint density at radius 2 is 2.41 bits per heavy atom. The number of benzene rings is 1. The molecule has 1 heterocycles. The zero-order chi connectivity index (χ0) is 12.1. The van der Waals surface area contributed by atoms with E-state index in [1.54, 1.807) is 7.11 Å². The van der Waals surface area contributed by atoms with Crippen molar-refractivity contribution in [1.29, 1.82) is 0 Å². The monoisotopic (exact) mass is 255 g/mol. The van der Waals surface area contributed by atoms with Crippen LogP contribution in [0.15, 0.2) is 18.2 Å². The molecule has 1 aromatic carbocycles. The number of hydrogen-bond donors (Lipinski definition) is 2. The Hall–Kier alpha value is -0.910. The van der Waals surface area contributed by atoms with Gasteiger partial charge in [0, 0.05) is 17.9 Å². The van der Waals surface area contributed by atoms with Crippen LogP contribution >= 0.6 is 11.8 Å². The fourth-order valence-corrected chi connectivity index (χ4v) is 2.95. The van der Waals surface area contributed by atoms with Gasteiger partial charge in [0.2, 0.25) is 0 Å². The second-order valence-electron chi connectivity index (χ2n) is 3.89. The fraction of sp³-hybridized carbons (Fsp3) is 0.500. The molecule has 0 amide bonds. The first-order chi connectivity index (χ1) is 8.35. The van der Waals surface area contributed by atoms with Crippen molar-refractivity contribution in [3.8, 4) is 11.5 Å². The van der Waals surface area contributed by atoms with Gasteiger partial charge in [-0.3, -0.25) is 0 Å². The van der Waals surface area contributed by atoms with Crippen molar-refractivity contribution in [2.24, 2.45) is 0 Å². The minimum absolute atomic E-state index is 0.244. The highest BCUT2D eigenvalue weighted by atomic mass is 32.2. The summed E-state index contributed by atoms with van der Waals surface area (Å²) in [5.74, 6) is 3.62. The third-order valence-corrected chi connectivity index (χ3v) is 3.85. The minimum atomic E-state index is 0.244. The molecule has 17 heavy (non-hydrogen) atoms. The summed E-state index contributed by atoms with van der Waals surface area (Å²) in [6.07, 6.45) is 1.31. The van der Waals surface area contributed by atoms with Gasteiger partial charge in [0.25, 0.3) is 0 Å². The summed E-state index contributed by atoms with van der Waals surface area (Å²) < 4.78 is 11.3. The van der Waals surface area contributed by atoms with Gasteiger partial charge >= 0.3 is 0 Å². The zero-order valence-corrected chi connectivity index (χ0v) is 10.6. The Bertz CT molecular complexity index is 367. The maximum atomic E-state index is 8.82. The van der Waals surface area contributed by atoms with Crippen LogP contribution in [-0.4, -0.2) is 29.9 Å². The summed E-state index contributed by atoms with van der Waals surface area (Å²) in [6, 6.07) is 5.68. The van der Waals surface area contributed by atoms with Crippen molar-refractivity contribution < 1.29 is 14.7 Å². The Kier molecular flexibility index (Phi) is 4.53. The largest absolute Gasteiger partial charge is 0.493 e. The van der Waals surface area contributed by atoms with Crippen molar-refractivity contribution in [2.45, 2.75) is 19.1 Å². The molecule has 0 saturated carbocycles. The van der Waals surface area contributed by atoms with Crippen LogP contribution in [0, 0.1) is 0 Å². The molecule has 2 rings (SSSR count). The average Bonchev–Trinajstić information content (AvgIpc) is 2.84. The Morgan fingerprint density at radius 3 is 3.06 bits per heavy atom. The lowest BCUT2D eigenvalue weighted by Gasteiger charge is -2.18. The van der Waals surface area contributed by atoms with E-state index in [1.165, 1.54) is 0 Å². The van der Waals surface area contributed by atoms with Crippen LogP contribution in [0.25, 0.3) is 0 Å². The molecule has 1 unspecified atom stereocenters. The molecule has 4 nitrogen and oxygen atoms in total. The Balaban J connectivity index is 2.20. The lowest BCUT2D eigenvalue weighted by molar-refractivity contribution is 0.156. The number of methoxy groups -OCH3 is 1. The number of nitrogens with one attached hydrogen (secondary N) is 1. The van der Waals surface area contributed by atoms with E-state index in [-0.39, 0.29) is 6.10 Å². The molecule has 0 aliphatic carbocycles. The van der Waals surface area contributed by atoms with Gasteiger partial charge in [-0.2, -0.15) is 11.8 Å². The van der Waals surface area contributed by atoms with Crippen molar-refractivity contribution >= 4 is 11.8 Å². The number of ether oxygens (including phenoxy) is 2. The highest BCUT2D eigenvalue weighted by Gasteiger charge is 2.20. The molecule has 1 aliphatic heterocycles. The van der Waals surface area contributed by atoms with Crippen LogP contribution in [0.5, 0.6) is 11.5 Å². The van der Waals surface area contributed by atoms with Crippen molar-refractivity contribution in [2.75, 3.05) is 18.6 Å². The molecule has 5 heteroatoms. The molecular weight excluding hydrogens is 238 g/mol. The highest BCUT2D eigenvalue weighted by molar-refractivity contribution is 7.99. The maximum absolute atomic E-state index is 8.82. The molecule has 1 atom stereocenters. The van der Waals surface area contributed by atoms with E-state index >= 15 is 0 Å².